The van der Waals surface area contributed by atoms with E-state index in [1.807, 2.05) is 0 Å². The minimum absolute atomic E-state index is 0.197. The molecule has 0 aliphatic carbocycles. The smallest absolute Gasteiger partial charge is 0.325 e. The Balaban J connectivity index is 2.29. The van der Waals surface area contributed by atoms with Crippen LogP contribution >= 0.6 is 0 Å². The summed E-state index contributed by atoms with van der Waals surface area (Å²) < 4.78 is 0. The summed E-state index contributed by atoms with van der Waals surface area (Å²) in [5.41, 5.74) is 0. The van der Waals surface area contributed by atoms with Crippen molar-refractivity contribution in [3.8, 4) is 0 Å². The SMILES string of the molecule is CC(NC(=O)CN1CCCCCC1)C(=O)O. The number of carbonyl (C=O) groups is 2. The fourth-order valence-corrected chi connectivity index (χ4v) is 1.85. The Hall–Kier alpha value is -1.10. The molecule has 1 unspecified atom stereocenters. The molecule has 92 valence electrons. The fourth-order valence-electron chi connectivity index (χ4n) is 1.85. The second kappa shape index (κ2) is 6.48. The molecule has 1 atom stereocenters. The minimum atomic E-state index is -0.996. The summed E-state index contributed by atoms with van der Waals surface area (Å²) >= 11 is 0. The molecule has 2 N–H and O–H groups in total. The van der Waals surface area contributed by atoms with Crippen LogP contribution in [0, 0.1) is 0 Å². The molecule has 0 saturated carbocycles. The molecule has 1 rings (SSSR count). The molecule has 1 fully saturated rings. The Morgan fingerprint density at radius 2 is 1.81 bits per heavy atom. The molecule has 0 radical (unpaired) electrons. The molecule has 0 spiro atoms. The molecule has 0 aromatic rings. The average Bonchev–Trinajstić information content (AvgIpc) is 2.45. The maximum absolute atomic E-state index is 11.5. The van der Waals surface area contributed by atoms with Gasteiger partial charge in [0.05, 0.1) is 6.54 Å². The first-order valence-electron chi connectivity index (χ1n) is 5.84. The van der Waals surface area contributed by atoms with Crippen molar-refractivity contribution in [1.82, 2.24) is 10.2 Å². The predicted molar refractivity (Wildman–Crippen MR) is 60.1 cm³/mol. The van der Waals surface area contributed by atoms with Crippen LogP contribution < -0.4 is 5.32 Å². The van der Waals surface area contributed by atoms with Gasteiger partial charge < -0.3 is 10.4 Å². The number of carbonyl (C=O) groups excluding carboxylic acids is 1. The van der Waals surface area contributed by atoms with E-state index in [9.17, 15) is 9.59 Å². The van der Waals surface area contributed by atoms with Gasteiger partial charge in [-0.1, -0.05) is 12.8 Å². The summed E-state index contributed by atoms with van der Waals surface area (Å²) in [6.07, 6.45) is 4.71. The van der Waals surface area contributed by atoms with Crippen LogP contribution in [0.2, 0.25) is 0 Å². The van der Waals surface area contributed by atoms with E-state index < -0.39 is 12.0 Å². The van der Waals surface area contributed by atoms with Gasteiger partial charge in [-0.05, 0) is 32.9 Å². The van der Waals surface area contributed by atoms with Gasteiger partial charge in [0.25, 0.3) is 0 Å². The number of nitrogens with one attached hydrogen (secondary N) is 1. The average molecular weight is 228 g/mol. The van der Waals surface area contributed by atoms with Crippen molar-refractivity contribution in [3.63, 3.8) is 0 Å². The maximum atomic E-state index is 11.5. The molecule has 1 heterocycles. The Kier molecular flexibility index (Phi) is 5.25. The van der Waals surface area contributed by atoms with Crippen molar-refractivity contribution in [2.45, 2.75) is 38.6 Å². The normalized spacial score (nSPS) is 19.8. The van der Waals surface area contributed by atoms with Crippen LogP contribution in [0.5, 0.6) is 0 Å². The third-order valence-corrected chi connectivity index (χ3v) is 2.81. The molecule has 0 aromatic carbocycles. The van der Waals surface area contributed by atoms with Crippen molar-refractivity contribution in [3.05, 3.63) is 0 Å². The Morgan fingerprint density at radius 1 is 1.25 bits per heavy atom. The molecule has 5 heteroatoms. The van der Waals surface area contributed by atoms with E-state index in [2.05, 4.69) is 10.2 Å². The molecule has 1 aliphatic rings. The summed E-state index contributed by atoms with van der Waals surface area (Å²) in [6.45, 7) is 3.67. The van der Waals surface area contributed by atoms with Gasteiger partial charge >= 0.3 is 5.97 Å². The first-order valence-corrected chi connectivity index (χ1v) is 5.84. The van der Waals surface area contributed by atoms with Crippen LogP contribution in [0.4, 0.5) is 0 Å². The molecular weight excluding hydrogens is 208 g/mol. The fraction of sp³-hybridized carbons (Fsp3) is 0.818. The second-order valence-corrected chi connectivity index (χ2v) is 4.32. The van der Waals surface area contributed by atoms with Crippen molar-refractivity contribution in [2.75, 3.05) is 19.6 Å². The summed E-state index contributed by atoms with van der Waals surface area (Å²) in [5, 5.41) is 11.1. The topological polar surface area (TPSA) is 69.6 Å². The Bertz CT molecular complexity index is 248. The van der Waals surface area contributed by atoms with Crippen LogP contribution in [-0.4, -0.2) is 47.6 Å². The molecular formula is C11H20N2O3. The van der Waals surface area contributed by atoms with E-state index in [1.165, 1.54) is 19.8 Å². The molecule has 0 bridgehead atoms. The molecule has 0 aromatic heterocycles. The number of carboxylic acids is 1. The number of nitrogens with zero attached hydrogens (tertiary/aromatic N) is 1. The third kappa shape index (κ3) is 4.61. The summed E-state index contributed by atoms with van der Waals surface area (Å²) in [6, 6.07) is -0.806. The lowest BCUT2D eigenvalue weighted by Crippen LogP contribution is -2.44. The standard InChI is InChI=1S/C11H20N2O3/c1-9(11(15)16)12-10(14)8-13-6-4-2-3-5-7-13/h9H,2-8H2,1H3,(H,12,14)(H,15,16). The van der Waals surface area contributed by atoms with Gasteiger partial charge in [0.1, 0.15) is 6.04 Å². The number of carboxylic acid groups (broad SMARTS) is 1. The van der Waals surface area contributed by atoms with E-state index in [1.54, 1.807) is 0 Å². The lowest BCUT2D eigenvalue weighted by molar-refractivity contribution is -0.141. The Labute approximate surface area is 95.8 Å². The van der Waals surface area contributed by atoms with Gasteiger partial charge in [-0.15, -0.1) is 0 Å². The van der Waals surface area contributed by atoms with E-state index >= 15 is 0 Å². The molecule has 16 heavy (non-hydrogen) atoms. The summed E-state index contributed by atoms with van der Waals surface area (Å²) in [4.78, 5) is 24.2. The van der Waals surface area contributed by atoms with Gasteiger partial charge in [0.15, 0.2) is 0 Å². The zero-order chi connectivity index (χ0) is 12.0. The first kappa shape index (κ1) is 13.0. The molecule has 5 nitrogen and oxygen atoms in total. The number of hydrogen-bond acceptors (Lipinski definition) is 3. The number of rotatable bonds is 4. The highest BCUT2D eigenvalue weighted by molar-refractivity contribution is 5.84. The predicted octanol–water partition coefficient (Wildman–Crippen LogP) is 0.452. The van der Waals surface area contributed by atoms with Gasteiger partial charge in [-0.25, -0.2) is 0 Å². The highest BCUT2D eigenvalue weighted by Crippen LogP contribution is 2.08. The largest absolute Gasteiger partial charge is 0.480 e. The van der Waals surface area contributed by atoms with Crippen molar-refractivity contribution < 1.29 is 14.7 Å². The number of aliphatic carboxylic acids is 1. The zero-order valence-electron chi connectivity index (χ0n) is 9.74. The van der Waals surface area contributed by atoms with Crippen molar-refractivity contribution in [2.24, 2.45) is 0 Å². The van der Waals surface area contributed by atoms with Crippen LogP contribution in [0.25, 0.3) is 0 Å². The first-order chi connectivity index (χ1) is 7.59. The van der Waals surface area contributed by atoms with Crippen LogP contribution in [0.3, 0.4) is 0 Å². The van der Waals surface area contributed by atoms with Gasteiger partial charge in [0, 0.05) is 0 Å². The quantitative estimate of drug-likeness (QED) is 0.733. The third-order valence-electron chi connectivity index (χ3n) is 2.81. The Morgan fingerprint density at radius 3 is 2.31 bits per heavy atom. The highest BCUT2D eigenvalue weighted by Gasteiger charge is 2.17. The lowest BCUT2D eigenvalue weighted by atomic mass is 10.2. The van der Waals surface area contributed by atoms with Crippen molar-refractivity contribution >= 4 is 11.9 Å². The number of likely N-dealkylation sites (tertiary alicyclic amines) is 1. The highest BCUT2D eigenvalue weighted by atomic mass is 16.4. The van der Waals surface area contributed by atoms with Gasteiger partial charge in [0.2, 0.25) is 5.91 Å². The van der Waals surface area contributed by atoms with Crippen LogP contribution in [0.1, 0.15) is 32.6 Å². The zero-order valence-corrected chi connectivity index (χ0v) is 9.74. The maximum Gasteiger partial charge on any atom is 0.325 e. The van der Waals surface area contributed by atoms with E-state index in [0.717, 1.165) is 25.9 Å². The van der Waals surface area contributed by atoms with E-state index in [-0.39, 0.29) is 5.91 Å². The molecule has 1 aliphatic heterocycles. The van der Waals surface area contributed by atoms with Crippen LogP contribution in [-0.2, 0) is 9.59 Å². The van der Waals surface area contributed by atoms with Crippen molar-refractivity contribution in [1.29, 1.82) is 0 Å². The van der Waals surface area contributed by atoms with Gasteiger partial charge in [-0.3, -0.25) is 14.5 Å². The second-order valence-electron chi connectivity index (χ2n) is 4.32. The molecule has 1 amide bonds. The molecule has 1 saturated heterocycles. The van der Waals surface area contributed by atoms with E-state index in [4.69, 9.17) is 5.11 Å². The summed E-state index contributed by atoms with van der Waals surface area (Å²) in [7, 11) is 0. The number of hydrogen-bond donors (Lipinski definition) is 2. The van der Waals surface area contributed by atoms with Gasteiger partial charge in [-0.2, -0.15) is 0 Å². The van der Waals surface area contributed by atoms with E-state index in [0.29, 0.717) is 6.54 Å². The minimum Gasteiger partial charge on any atom is -0.480 e. The number of amides is 1. The monoisotopic (exact) mass is 228 g/mol. The van der Waals surface area contributed by atoms with Crippen LogP contribution in [0.15, 0.2) is 0 Å². The summed E-state index contributed by atoms with van der Waals surface area (Å²) in [5.74, 6) is -1.19. The lowest BCUT2D eigenvalue weighted by Gasteiger charge is -2.19.